The van der Waals surface area contributed by atoms with Crippen LogP contribution in [0.1, 0.15) is 12.5 Å². The number of hydrogen-bond acceptors (Lipinski definition) is 8. The average molecular weight is 429 g/mol. The highest BCUT2D eigenvalue weighted by Crippen LogP contribution is 2.27. The second-order valence-corrected chi connectivity index (χ2v) is 8.24. The average Bonchev–Trinajstić information content (AvgIpc) is 2.64. The van der Waals surface area contributed by atoms with E-state index in [9.17, 15) is 18.3 Å². The standard InChI is InChI=1S/C19H27NO8S/c1-4-10-26-18-16(20-13(2)21)19(22)27-15(17(18)28-29(3,23)24)12-25-11-14-8-6-5-7-9-14/h4-9,15-19,22H,1,10-12H2,2-3H3,(H,20,21)/t15-,16-,17-,18-,19+/m1/s1. The number of amides is 1. The first kappa shape index (κ1) is 23.5. The largest absolute Gasteiger partial charge is 0.374 e. The van der Waals surface area contributed by atoms with Crippen molar-refractivity contribution in [2.45, 2.75) is 44.2 Å². The highest BCUT2D eigenvalue weighted by atomic mass is 32.2. The minimum absolute atomic E-state index is 0.0503. The molecule has 1 aromatic carbocycles. The van der Waals surface area contributed by atoms with Gasteiger partial charge < -0.3 is 24.6 Å². The Balaban J connectivity index is 2.19. The molecule has 0 aromatic heterocycles. The topological polar surface area (TPSA) is 120 Å². The Bertz CT molecular complexity index is 770. The van der Waals surface area contributed by atoms with E-state index in [0.29, 0.717) is 0 Å². The predicted octanol–water partition coefficient (Wildman–Crippen LogP) is 0.341. The highest BCUT2D eigenvalue weighted by molar-refractivity contribution is 7.86. The fourth-order valence-corrected chi connectivity index (χ4v) is 3.64. The Hall–Kier alpha value is -1.82. The van der Waals surface area contributed by atoms with Gasteiger partial charge in [0.1, 0.15) is 24.4 Å². The quantitative estimate of drug-likeness (QED) is 0.404. The molecule has 0 saturated carbocycles. The summed E-state index contributed by atoms with van der Waals surface area (Å²) in [5.74, 6) is -0.443. The van der Waals surface area contributed by atoms with Crippen LogP contribution >= 0.6 is 0 Å². The van der Waals surface area contributed by atoms with Gasteiger partial charge in [0.15, 0.2) is 6.29 Å². The maximum absolute atomic E-state index is 11.8. The first-order valence-corrected chi connectivity index (χ1v) is 10.9. The fraction of sp³-hybridized carbons (Fsp3) is 0.526. The molecule has 0 unspecified atom stereocenters. The third kappa shape index (κ3) is 7.50. The van der Waals surface area contributed by atoms with E-state index in [4.69, 9.17) is 18.4 Å². The molecule has 5 atom stereocenters. The summed E-state index contributed by atoms with van der Waals surface area (Å²) in [4.78, 5) is 11.5. The van der Waals surface area contributed by atoms with Gasteiger partial charge in [-0.15, -0.1) is 6.58 Å². The number of ether oxygens (including phenoxy) is 3. The van der Waals surface area contributed by atoms with Crippen LogP contribution in [0.25, 0.3) is 0 Å². The lowest BCUT2D eigenvalue weighted by Crippen LogP contribution is -2.65. The Morgan fingerprint density at radius 3 is 2.59 bits per heavy atom. The molecule has 1 amide bonds. The lowest BCUT2D eigenvalue weighted by Gasteiger charge is -2.44. The second kappa shape index (κ2) is 10.8. The molecule has 1 fully saturated rings. The van der Waals surface area contributed by atoms with Gasteiger partial charge in [0.2, 0.25) is 5.91 Å². The number of carbonyl (C=O) groups excluding carboxylic acids is 1. The van der Waals surface area contributed by atoms with Crippen molar-refractivity contribution in [2.75, 3.05) is 19.5 Å². The molecule has 1 aliphatic heterocycles. The fourth-order valence-electron chi connectivity index (χ4n) is 3.00. The molecule has 0 bridgehead atoms. The van der Waals surface area contributed by atoms with Gasteiger partial charge >= 0.3 is 0 Å². The number of rotatable bonds is 10. The summed E-state index contributed by atoms with van der Waals surface area (Å²) in [5, 5.41) is 12.9. The van der Waals surface area contributed by atoms with Crippen molar-refractivity contribution in [2.24, 2.45) is 0 Å². The van der Waals surface area contributed by atoms with Crippen LogP contribution in [0.4, 0.5) is 0 Å². The first-order valence-electron chi connectivity index (χ1n) is 9.04. The number of hydrogen-bond donors (Lipinski definition) is 2. The monoisotopic (exact) mass is 429 g/mol. The van der Waals surface area contributed by atoms with E-state index in [1.807, 2.05) is 30.3 Å². The van der Waals surface area contributed by atoms with Crippen LogP contribution in [0, 0.1) is 0 Å². The minimum Gasteiger partial charge on any atom is -0.374 e. The summed E-state index contributed by atoms with van der Waals surface area (Å²) in [7, 11) is -3.90. The Labute approximate surface area is 170 Å². The highest BCUT2D eigenvalue weighted by Gasteiger charge is 2.48. The smallest absolute Gasteiger partial charge is 0.264 e. The zero-order valence-corrected chi connectivity index (χ0v) is 17.2. The van der Waals surface area contributed by atoms with E-state index in [0.717, 1.165) is 11.8 Å². The predicted molar refractivity (Wildman–Crippen MR) is 104 cm³/mol. The second-order valence-electron chi connectivity index (χ2n) is 6.64. The molecule has 1 aliphatic rings. The van der Waals surface area contributed by atoms with Crippen molar-refractivity contribution in [1.82, 2.24) is 5.32 Å². The number of carbonyl (C=O) groups is 1. The van der Waals surface area contributed by atoms with Gasteiger partial charge in [0, 0.05) is 6.92 Å². The van der Waals surface area contributed by atoms with Crippen LogP contribution in [0.5, 0.6) is 0 Å². The molecule has 1 heterocycles. The summed E-state index contributed by atoms with van der Waals surface area (Å²) in [6, 6.07) is 8.33. The van der Waals surface area contributed by atoms with Crippen molar-refractivity contribution >= 4 is 16.0 Å². The third-order valence-corrected chi connectivity index (χ3v) is 4.69. The molecule has 1 saturated heterocycles. The van der Waals surface area contributed by atoms with Crippen molar-refractivity contribution < 1.29 is 36.7 Å². The SMILES string of the molecule is C=CCO[C@@H]1[C@@H](NC(C)=O)[C@@H](O)O[C@H](COCc2ccccc2)[C@H]1OS(C)(=O)=O. The van der Waals surface area contributed by atoms with Gasteiger partial charge in [-0.05, 0) is 5.56 Å². The van der Waals surface area contributed by atoms with Gasteiger partial charge in [-0.3, -0.25) is 8.98 Å². The summed E-state index contributed by atoms with van der Waals surface area (Å²) < 4.78 is 45.7. The third-order valence-electron chi connectivity index (χ3n) is 4.12. The molecule has 9 nitrogen and oxygen atoms in total. The molecule has 0 aliphatic carbocycles. The van der Waals surface area contributed by atoms with Gasteiger partial charge in [-0.1, -0.05) is 36.4 Å². The van der Waals surface area contributed by atoms with Crippen LogP contribution in [-0.2, 0) is 39.9 Å². The molecule has 0 spiro atoms. The van der Waals surface area contributed by atoms with Crippen molar-refractivity contribution in [3.05, 3.63) is 48.6 Å². The molecule has 2 N–H and O–H groups in total. The maximum Gasteiger partial charge on any atom is 0.264 e. The van der Waals surface area contributed by atoms with E-state index in [2.05, 4.69) is 11.9 Å². The van der Waals surface area contributed by atoms with E-state index in [-0.39, 0.29) is 19.8 Å². The molecule has 1 aromatic rings. The summed E-state index contributed by atoms with van der Waals surface area (Å²) in [6.07, 6.45) is -2.20. The van der Waals surface area contributed by atoms with E-state index < -0.39 is 46.7 Å². The molecular weight excluding hydrogens is 402 g/mol. The number of nitrogens with one attached hydrogen (secondary N) is 1. The van der Waals surface area contributed by atoms with Gasteiger partial charge in [-0.2, -0.15) is 8.42 Å². The van der Waals surface area contributed by atoms with Gasteiger partial charge in [0.05, 0.1) is 26.1 Å². The molecule has 2 rings (SSSR count). The van der Waals surface area contributed by atoms with E-state index >= 15 is 0 Å². The lowest BCUT2D eigenvalue weighted by molar-refractivity contribution is -0.257. The summed E-state index contributed by atoms with van der Waals surface area (Å²) >= 11 is 0. The Morgan fingerprint density at radius 1 is 1.31 bits per heavy atom. The van der Waals surface area contributed by atoms with Crippen molar-refractivity contribution in [3.63, 3.8) is 0 Å². The lowest BCUT2D eigenvalue weighted by atomic mass is 9.96. The van der Waals surface area contributed by atoms with Crippen LogP contribution < -0.4 is 5.32 Å². The van der Waals surface area contributed by atoms with Crippen LogP contribution in [-0.4, -0.2) is 69.5 Å². The normalized spacial score (nSPS) is 27.3. The minimum atomic E-state index is -3.90. The number of benzene rings is 1. The van der Waals surface area contributed by atoms with Crippen LogP contribution in [0.2, 0.25) is 0 Å². The van der Waals surface area contributed by atoms with Gasteiger partial charge in [0.25, 0.3) is 10.1 Å². The van der Waals surface area contributed by atoms with Gasteiger partial charge in [-0.25, -0.2) is 0 Å². The van der Waals surface area contributed by atoms with Crippen molar-refractivity contribution in [3.8, 4) is 0 Å². The summed E-state index contributed by atoms with van der Waals surface area (Å²) in [5.41, 5.74) is 0.917. The molecule has 0 radical (unpaired) electrons. The van der Waals surface area contributed by atoms with Crippen LogP contribution in [0.15, 0.2) is 43.0 Å². The van der Waals surface area contributed by atoms with Crippen molar-refractivity contribution in [1.29, 1.82) is 0 Å². The Kier molecular flexibility index (Phi) is 8.75. The van der Waals surface area contributed by atoms with Crippen LogP contribution in [0.3, 0.4) is 0 Å². The van der Waals surface area contributed by atoms with E-state index in [1.165, 1.54) is 13.0 Å². The van der Waals surface area contributed by atoms with E-state index in [1.54, 1.807) is 0 Å². The maximum atomic E-state index is 11.8. The molecule has 29 heavy (non-hydrogen) atoms. The Morgan fingerprint density at radius 2 is 2.00 bits per heavy atom. The molecule has 162 valence electrons. The number of aliphatic hydroxyl groups excluding tert-OH is 1. The molecular formula is C19H27NO8S. The summed E-state index contributed by atoms with van der Waals surface area (Å²) in [6.45, 7) is 5.07. The number of aliphatic hydroxyl groups is 1. The first-order chi connectivity index (χ1) is 13.7. The zero-order valence-electron chi connectivity index (χ0n) is 16.4. The molecule has 10 heteroatoms. The zero-order chi connectivity index (χ0) is 21.4.